The molecule has 0 aliphatic rings. The Balaban J connectivity index is 1.96. The molecule has 0 spiro atoms. The summed E-state index contributed by atoms with van der Waals surface area (Å²) in [5.41, 5.74) is 8.20. The third-order valence-electron chi connectivity index (χ3n) is 2.94. The highest BCUT2D eigenvalue weighted by atomic mass is 79.9. The van der Waals surface area contributed by atoms with Gasteiger partial charge in [0.25, 0.3) is 0 Å². The van der Waals surface area contributed by atoms with Gasteiger partial charge in [-0.25, -0.2) is 0 Å². The minimum Gasteiger partial charge on any atom is -0.370 e. The van der Waals surface area contributed by atoms with Crippen LogP contribution in [0.2, 0.25) is 0 Å². The van der Waals surface area contributed by atoms with Gasteiger partial charge in [0.15, 0.2) is 5.96 Å². The molecule has 19 heavy (non-hydrogen) atoms. The number of hydrogen-bond donors (Lipinski definition) is 3. The molecule has 4 nitrogen and oxygen atoms in total. The summed E-state index contributed by atoms with van der Waals surface area (Å²) in [7, 11) is 0. The number of nitrogens with two attached hydrogens (primary N) is 1. The normalized spacial score (nSPS) is 12.0. The minimum atomic E-state index is 0.530. The van der Waals surface area contributed by atoms with Crippen molar-refractivity contribution in [1.29, 1.82) is 0 Å². The first-order valence-electron chi connectivity index (χ1n) is 6.50. The van der Waals surface area contributed by atoms with Crippen LogP contribution < -0.4 is 11.1 Å². The van der Waals surface area contributed by atoms with Crippen molar-refractivity contribution in [2.24, 2.45) is 10.7 Å². The van der Waals surface area contributed by atoms with Crippen molar-refractivity contribution in [3.63, 3.8) is 0 Å². The Hall–Kier alpha value is -1.49. The fourth-order valence-corrected chi connectivity index (χ4v) is 2.33. The number of guanidine groups is 1. The van der Waals surface area contributed by atoms with E-state index in [2.05, 4.69) is 56.5 Å². The van der Waals surface area contributed by atoms with Gasteiger partial charge in [0.2, 0.25) is 0 Å². The van der Waals surface area contributed by atoms with Gasteiger partial charge in [0.1, 0.15) is 0 Å². The van der Waals surface area contributed by atoms with Crippen LogP contribution in [0.5, 0.6) is 0 Å². The van der Waals surface area contributed by atoms with Crippen LogP contribution in [0.15, 0.2) is 33.9 Å². The molecule has 0 aliphatic carbocycles. The third-order valence-corrected chi connectivity index (χ3v) is 3.43. The van der Waals surface area contributed by atoms with E-state index in [0.29, 0.717) is 5.96 Å². The average Bonchev–Trinajstić information content (AvgIpc) is 2.79. The first-order valence-corrected chi connectivity index (χ1v) is 7.29. The van der Waals surface area contributed by atoms with E-state index in [1.807, 2.05) is 6.07 Å². The molecule has 0 radical (unpaired) electrons. The number of hydrogen-bond acceptors (Lipinski definition) is 1. The number of H-pyrrole nitrogens is 1. The van der Waals surface area contributed by atoms with Crippen LogP contribution >= 0.6 is 15.9 Å². The third kappa shape index (κ3) is 3.73. The van der Waals surface area contributed by atoms with Gasteiger partial charge in [-0.05, 0) is 36.6 Å². The lowest BCUT2D eigenvalue weighted by Gasteiger charge is -2.05. The van der Waals surface area contributed by atoms with E-state index in [1.54, 1.807) is 0 Å². The van der Waals surface area contributed by atoms with Gasteiger partial charge < -0.3 is 16.0 Å². The lowest BCUT2D eigenvalue weighted by Crippen LogP contribution is -2.33. The van der Waals surface area contributed by atoms with E-state index in [4.69, 9.17) is 5.73 Å². The standard InChI is InChI=1S/C14H19BrN4/c1-2-6-17-14(16)18-7-5-10-9-19-13-4-3-11(15)8-12(10)13/h3-4,8-9,19H,2,5-7H2,1H3,(H3,16,17,18). The van der Waals surface area contributed by atoms with Crippen LogP contribution in [0.1, 0.15) is 18.9 Å². The number of nitrogens with one attached hydrogen (secondary N) is 2. The Kier molecular flexibility index (Phi) is 4.85. The summed E-state index contributed by atoms with van der Waals surface area (Å²) in [5.74, 6) is 0.530. The van der Waals surface area contributed by atoms with Gasteiger partial charge in [-0.3, -0.25) is 4.99 Å². The molecule has 1 aromatic carbocycles. The van der Waals surface area contributed by atoms with Crippen molar-refractivity contribution in [2.75, 3.05) is 13.1 Å². The number of halogens is 1. The van der Waals surface area contributed by atoms with E-state index in [0.717, 1.165) is 35.9 Å². The van der Waals surface area contributed by atoms with Crippen LogP contribution in [0.3, 0.4) is 0 Å². The molecule has 0 saturated carbocycles. The molecule has 102 valence electrons. The predicted octanol–water partition coefficient (Wildman–Crippen LogP) is 2.79. The first-order chi connectivity index (χ1) is 9.20. The summed E-state index contributed by atoms with van der Waals surface area (Å²) < 4.78 is 1.10. The average molecular weight is 323 g/mol. The summed E-state index contributed by atoms with van der Waals surface area (Å²) in [5, 5.41) is 4.39. The minimum absolute atomic E-state index is 0.530. The monoisotopic (exact) mass is 322 g/mol. The lowest BCUT2D eigenvalue weighted by molar-refractivity contribution is 0.842. The van der Waals surface area contributed by atoms with Gasteiger partial charge >= 0.3 is 0 Å². The molecule has 2 aromatic rings. The maximum absolute atomic E-state index is 5.76. The Labute approximate surface area is 121 Å². The Morgan fingerprint density at radius 3 is 3.11 bits per heavy atom. The smallest absolute Gasteiger partial charge is 0.188 e. The molecular formula is C14H19BrN4. The topological polar surface area (TPSA) is 66.2 Å². The number of rotatable bonds is 5. The van der Waals surface area contributed by atoms with Crippen LogP contribution in [-0.4, -0.2) is 24.0 Å². The van der Waals surface area contributed by atoms with Crippen molar-refractivity contribution in [2.45, 2.75) is 19.8 Å². The molecule has 0 saturated heterocycles. The van der Waals surface area contributed by atoms with Crippen molar-refractivity contribution >= 4 is 32.8 Å². The van der Waals surface area contributed by atoms with E-state index in [-0.39, 0.29) is 0 Å². The Bertz CT molecular complexity index is 574. The molecule has 4 N–H and O–H groups in total. The summed E-state index contributed by atoms with van der Waals surface area (Å²) in [4.78, 5) is 7.48. The van der Waals surface area contributed by atoms with Gasteiger partial charge in [-0.2, -0.15) is 0 Å². The molecule has 0 unspecified atom stereocenters. The Morgan fingerprint density at radius 2 is 2.32 bits per heavy atom. The van der Waals surface area contributed by atoms with Crippen molar-refractivity contribution in [3.8, 4) is 0 Å². The van der Waals surface area contributed by atoms with Crippen molar-refractivity contribution in [3.05, 3.63) is 34.4 Å². The van der Waals surface area contributed by atoms with E-state index < -0.39 is 0 Å². The van der Waals surface area contributed by atoms with Gasteiger partial charge in [0, 0.05) is 34.7 Å². The van der Waals surface area contributed by atoms with Crippen LogP contribution in [0.4, 0.5) is 0 Å². The first kappa shape index (κ1) is 13.9. The number of aromatic amines is 1. The van der Waals surface area contributed by atoms with Gasteiger partial charge in [0.05, 0.1) is 0 Å². The lowest BCUT2D eigenvalue weighted by atomic mass is 10.1. The van der Waals surface area contributed by atoms with E-state index in [1.165, 1.54) is 10.9 Å². The fourth-order valence-electron chi connectivity index (χ4n) is 1.97. The molecule has 0 atom stereocenters. The largest absolute Gasteiger partial charge is 0.370 e. The molecular weight excluding hydrogens is 304 g/mol. The van der Waals surface area contributed by atoms with Gasteiger partial charge in [-0.1, -0.05) is 22.9 Å². The molecule has 1 heterocycles. The molecule has 0 aliphatic heterocycles. The summed E-state index contributed by atoms with van der Waals surface area (Å²) >= 11 is 3.50. The van der Waals surface area contributed by atoms with E-state index >= 15 is 0 Å². The number of fused-ring (bicyclic) bond motifs is 1. The predicted molar refractivity (Wildman–Crippen MR) is 84.5 cm³/mol. The summed E-state index contributed by atoms with van der Waals surface area (Å²) in [6, 6.07) is 6.25. The maximum Gasteiger partial charge on any atom is 0.188 e. The highest BCUT2D eigenvalue weighted by Gasteiger charge is 2.04. The van der Waals surface area contributed by atoms with Crippen molar-refractivity contribution < 1.29 is 0 Å². The molecule has 0 bridgehead atoms. The molecule has 2 rings (SSSR count). The second-order valence-corrected chi connectivity index (χ2v) is 5.36. The summed E-state index contributed by atoms with van der Waals surface area (Å²) in [6.07, 6.45) is 3.98. The van der Waals surface area contributed by atoms with Crippen LogP contribution in [0.25, 0.3) is 10.9 Å². The molecule has 0 amide bonds. The molecule has 1 aromatic heterocycles. The highest BCUT2D eigenvalue weighted by molar-refractivity contribution is 9.10. The van der Waals surface area contributed by atoms with Crippen molar-refractivity contribution in [1.82, 2.24) is 10.3 Å². The number of benzene rings is 1. The molecule has 5 heteroatoms. The maximum atomic E-state index is 5.76. The molecule has 0 fully saturated rings. The zero-order valence-corrected chi connectivity index (χ0v) is 12.6. The zero-order chi connectivity index (χ0) is 13.7. The highest BCUT2D eigenvalue weighted by Crippen LogP contribution is 2.22. The Morgan fingerprint density at radius 1 is 1.47 bits per heavy atom. The zero-order valence-electron chi connectivity index (χ0n) is 11.0. The SMILES string of the molecule is CCCN=C(N)NCCc1c[nH]c2ccc(Br)cc12. The number of aromatic nitrogens is 1. The quantitative estimate of drug-likeness (QED) is 0.585. The second-order valence-electron chi connectivity index (χ2n) is 4.45. The fraction of sp³-hybridized carbons (Fsp3) is 0.357. The van der Waals surface area contributed by atoms with E-state index in [9.17, 15) is 0 Å². The second kappa shape index (κ2) is 6.61. The summed E-state index contributed by atoms with van der Waals surface area (Å²) in [6.45, 7) is 3.65. The number of aliphatic imine (C=N–C) groups is 1. The number of nitrogens with zero attached hydrogens (tertiary/aromatic N) is 1. The van der Waals surface area contributed by atoms with Crippen LogP contribution in [-0.2, 0) is 6.42 Å². The van der Waals surface area contributed by atoms with Crippen LogP contribution in [0, 0.1) is 0 Å². The van der Waals surface area contributed by atoms with Gasteiger partial charge in [-0.15, -0.1) is 0 Å².